The van der Waals surface area contributed by atoms with Gasteiger partial charge in [-0.25, -0.2) is 4.39 Å². The molecule has 0 saturated heterocycles. The lowest BCUT2D eigenvalue weighted by Crippen LogP contribution is -2.40. The van der Waals surface area contributed by atoms with Crippen LogP contribution in [0.2, 0.25) is 0 Å². The summed E-state index contributed by atoms with van der Waals surface area (Å²) in [5.74, 6) is -1.40. The number of hydrogen-bond donors (Lipinski definition) is 2. The van der Waals surface area contributed by atoms with Crippen LogP contribution in [0.25, 0.3) is 0 Å². The van der Waals surface area contributed by atoms with E-state index in [0.717, 1.165) is 6.07 Å². The molecule has 0 saturated carbocycles. The molecule has 0 aliphatic carbocycles. The topological polar surface area (TPSA) is 61.1 Å². The Kier molecular flexibility index (Phi) is 5.18. The predicted octanol–water partition coefficient (Wildman–Crippen LogP) is 3.54. The fourth-order valence-corrected chi connectivity index (χ4v) is 2.39. The van der Waals surface area contributed by atoms with Crippen molar-refractivity contribution in [2.75, 3.05) is 5.73 Å². The first-order valence-corrected chi connectivity index (χ1v) is 7.33. The van der Waals surface area contributed by atoms with Gasteiger partial charge in [0, 0.05) is 22.6 Å². The van der Waals surface area contributed by atoms with Crippen LogP contribution in [0.3, 0.4) is 0 Å². The molecule has 3 N–H and O–H groups in total. The van der Waals surface area contributed by atoms with E-state index in [1.165, 1.54) is 6.92 Å². The van der Waals surface area contributed by atoms with Gasteiger partial charge in [-0.3, -0.25) is 0 Å². The van der Waals surface area contributed by atoms with Gasteiger partial charge >= 0.3 is 6.18 Å². The first kappa shape index (κ1) is 18.1. The van der Waals surface area contributed by atoms with Crippen LogP contribution in [0.15, 0.2) is 12.1 Å². The monoisotopic (exact) mass is 326 g/mol. The molecule has 1 rings (SSSR count). The second kappa shape index (κ2) is 6.02. The van der Waals surface area contributed by atoms with Crippen molar-refractivity contribution < 1.29 is 22.1 Å². The third-order valence-electron chi connectivity index (χ3n) is 2.73. The van der Waals surface area contributed by atoms with Crippen LogP contribution in [0.5, 0.6) is 0 Å². The minimum atomic E-state index is -4.84. The standard InChI is InChI=1S/C13H18F4N2OS/c1-7(19-21(20)12(2,3)4)9-5-8(18)6-10(11(9)14)13(15,16)17/h5-7,19H,18H2,1-4H3/t7-,21-/m1/s1. The van der Waals surface area contributed by atoms with E-state index in [1.807, 2.05) is 0 Å². The Morgan fingerprint density at radius 3 is 2.19 bits per heavy atom. The number of benzene rings is 1. The number of halogens is 4. The molecule has 21 heavy (non-hydrogen) atoms. The number of nitrogen functional groups attached to an aromatic ring is 1. The molecular weight excluding hydrogens is 308 g/mol. The number of hydrogen-bond acceptors (Lipinski definition) is 3. The lowest BCUT2D eigenvalue weighted by Gasteiger charge is -2.27. The second-order valence-corrected chi connectivity index (χ2v) is 7.69. The minimum absolute atomic E-state index is 0.200. The van der Waals surface area contributed by atoms with Crippen LogP contribution < -0.4 is 10.5 Å². The highest BCUT2D eigenvalue weighted by molar-refractivity contribution is 7.90. The van der Waals surface area contributed by atoms with Crippen molar-refractivity contribution in [3.05, 3.63) is 29.1 Å². The summed E-state index contributed by atoms with van der Waals surface area (Å²) in [5, 5.41) is 0. The lowest BCUT2D eigenvalue weighted by atomic mass is 10.0. The van der Waals surface area contributed by atoms with Gasteiger partial charge in [-0.2, -0.15) is 13.2 Å². The first-order valence-electron chi connectivity index (χ1n) is 6.18. The van der Waals surface area contributed by atoms with E-state index >= 15 is 0 Å². The molecule has 0 aromatic heterocycles. The molecule has 0 radical (unpaired) electrons. The Bertz CT molecular complexity index is 514. The highest BCUT2D eigenvalue weighted by Gasteiger charge is 2.37. The quantitative estimate of drug-likeness (QED) is 0.507. The van der Waals surface area contributed by atoms with Crippen molar-refractivity contribution in [1.82, 2.24) is 4.72 Å². The van der Waals surface area contributed by atoms with Gasteiger partial charge in [-0.05, 0) is 39.8 Å². The molecule has 3 nitrogen and oxygen atoms in total. The van der Waals surface area contributed by atoms with Crippen molar-refractivity contribution in [3.8, 4) is 0 Å². The molecule has 0 aliphatic rings. The zero-order chi connectivity index (χ0) is 16.6. The normalized spacial score (nSPS) is 15.9. The second-order valence-electron chi connectivity index (χ2n) is 5.69. The highest BCUT2D eigenvalue weighted by atomic mass is 32.2. The molecule has 0 bridgehead atoms. The largest absolute Gasteiger partial charge is 0.598 e. The zero-order valence-electron chi connectivity index (χ0n) is 12.1. The van der Waals surface area contributed by atoms with Gasteiger partial charge in [0.1, 0.15) is 10.6 Å². The molecular formula is C13H18F4N2OS. The molecule has 0 aliphatic heterocycles. The van der Waals surface area contributed by atoms with Crippen molar-refractivity contribution in [2.24, 2.45) is 0 Å². The summed E-state index contributed by atoms with van der Waals surface area (Å²) in [6.45, 7) is 6.51. The van der Waals surface area contributed by atoms with Gasteiger partial charge < -0.3 is 10.3 Å². The van der Waals surface area contributed by atoms with Crippen LogP contribution in [0.4, 0.5) is 23.2 Å². The van der Waals surface area contributed by atoms with E-state index in [4.69, 9.17) is 5.73 Å². The van der Waals surface area contributed by atoms with Crippen LogP contribution >= 0.6 is 0 Å². The fourth-order valence-electron chi connectivity index (χ4n) is 1.59. The number of nitrogens with two attached hydrogens (primary N) is 1. The van der Waals surface area contributed by atoms with Crippen molar-refractivity contribution in [1.29, 1.82) is 0 Å². The lowest BCUT2D eigenvalue weighted by molar-refractivity contribution is -0.140. The molecule has 0 amide bonds. The van der Waals surface area contributed by atoms with E-state index in [0.29, 0.717) is 6.07 Å². The maximum absolute atomic E-state index is 14.0. The van der Waals surface area contributed by atoms with Crippen LogP contribution in [0, 0.1) is 5.82 Å². The summed E-state index contributed by atoms with van der Waals surface area (Å²) in [7, 11) is 0. The van der Waals surface area contributed by atoms with E-state index in [1.54, 1.807) is 20.8 Å². The molecule has 2 atom stereocenters. The molecule has 0 spiro atoms. The average Bonchev–Trinajstić information content (AvgIpc) is 2.28. The van der Waals surface area contributed by atoms with E-state index < -0.39 is 39.7 Å². The van der Waals surface area contributed by atoms with Crippen molar-refractivity contribution in [3.63, 3.8) is 0 Å². The molecule has 1 aromatic carbocycles. The summed E-state index contributed by atoms with van der Waals surface area (Å²) < 4.78 is 66.2. The van der Waals surface area contributed by atoms with E-state index in [9.17, 15) is 22.1 Å². The summed E-state index contributed by atoms with van der Waals surface area (Å²) in [4.78, 5) is 0. The fraction of sp³-hybridized carbons (Fsp3) is 0.538. The smallest absolute Gasteiger partial charge is 0.419 e. The Hall–Kier alpha value is -0.990. The van der Waals surface area contributed by atoms with Gasteiger partial charge in [-0.15, -0.1) is 4.72 Å². The van der Waals surface area contributed by atoms with Crippen molar-refractivity contribution >= 4 is 17.0 Å². The Morgan fingerprint density at radius 2 is 1.76 bits per heavy atom. The summed E-state index contributed by atoms with van der Waals surface area (Å²) >= 11 is -1.55. The van der Waals surface area contributed by atoms with Gasteiger partial charge in [0.15, 0.2) is 0 Å². The average molecular weight is 326 g/mol. The highest BCUT2D eigenvalue weighted by Crippen LogP contribution is 2.36. The molecule has 8 heteroatoms. The van der Waals surface area contributed by atoms with Gasteiger partial charge in [0.05, 0.1) is 11.6 Å². The number of nitrogens with one attached hydrogen (secondary N) is 1. The number of anilines is 1. The van der Waals surface area contributed by atoms with Crippen molar-refractivity contribution in [2.45, 2.75) is 44.7 Å². The van der Waals surface area contributed by atoms with E-state index in [-0.39, 0.29) is 11.3 Å². The predicted molar refractivity (Wildman–Crippen MR) is 75.3 cm³/mol. The molecule has 1 aromatic rings. The molecule has 0 fully saturated rings. The summed E-state index contributed by atoms with van der Waals surface area (Å²) in [6, 6.07) is 0.781. The Balaban J connectivity index is 3.16. The van der Waals surface area contributed by atoms with Crippen LogP contribution in [0.1, 0.15) is 44.9 Å². The van der Waals surface area contributed by atoms with Crippen LogP contribution in [-0.4, -0.2) is 9.30 Å². The maximum Gasteiger partial charge on any atom is 0.419 e. The number of alkyl halides is 3. The maximum atomic E-state index is 14.0. The molecule has 0 unspecified atom stereocenters. The third kappa shape index (κ3) is 4.49. The Labute approximate surface area is 124 Å². The van der Waals surface area contributed by atoms with Gasteiger partial charge in [0.2, 0.25) is 0 Å². The minimum Gasteiger partial charge on any atom is -0.598 e. The summed E-state index contributed by atoms with van der Waals surface area (Å²) in [5.41, 5.74) is 3.52. The molecule has 120 valence electrons. The Morgan fingerprint density at radius 1 is 1.24 bits per heavy atom. The van der Waals surface area contributed by atoms with Gasteiger partial charge in [0.25, 0.3) is 0 Å². The first-order chi connectivity index (χ1) is 9.34. The van der Waals surface area contributed by atoms with Gasteiger partial charge in [-0.1, -0.05) is 0 Å². The van der Waals surface area contributed by atoms with Crippen LogP contribution in [-0.2, 0) is 17.5 Å². The third-order valence-corrected chi connectivity index (χ3v) is 4.41. The molecule has 0 heterocycles. The van der Waals surface area contributed by atoms with E-state index in [2.05, 4.69) is 4.72 Å². The summed E-state index contributed by atoms with van der Waals surface area (Å²) in [6.07, 6.45) is -4.84. The zero-order valence-corrected chi connectivity index (χ0v) is 13.0. The number of rotatable bonds is 3. The SMILES string of the molecule is C[C@@H](N[S@+]([O-])C(C)(C)C)c1cc(N)cc(C(F)(F)F)c1F.